The van der Waals surface area contributed by atoms with Gasteiger partial charge in [0.15, 0.2) is 6.35 Å². The molecule has 1 saturated heterocycles. The third kappa shape index (κ3) is 4.52. The van der Waals surface area contributed by atoms with Crippen LogP contribution in [-0.2, 0) is 10.3 Å². The van der Waals surface area contributed by atoms with Crippen LogP contribution >= 0.6 is 0 Å². The van der Waals surface area contributed by atoms with Gasteiger partial charge in [0.1, 0.15) is 0 Å². The Morgan fingerprint density at radius 2 is 1.84 bits per heavy atom. The molecule has 1 aromatic rings. The highest BCUT2D eigenvalue weighted by molar-refractivity contribution is 5.78. The molecule has 31 heavy (non-hydrogen) atoms. The summed E-state index contributed by atoms with van der Waals surface area (Å²) in [6.07, 6.45) is 5.82. The summed E-state index contributed by atoms with van der Waals surface area (Å²) < 4.78 is 0. The number of rotatable bonds is 8. The van der Waals surface area contributed by atoms with E-state index in [4.69, 9.17) is 5.11 Å². The second-order valence-corrected chi connectivity index (χ2v) is 9.94. The van der Waals surface area contributed by atoms with Crippen molar-refractivity contribution in [3.8, 4) is 0 Å². The van der Waals surface area contributed by atoms with E-state index in [2.05, 4.69) is 59.5 Å². The van der Waals surface area contributed by atoms with Crippen molar-refractivity contribution >= 4 is 5.91 Å². The minimum atomic E-state index is -0.718. The minimum absolute atomic E-state index is 0.00857. The molecule has 3 N–H and O–H groups in total. The first kappa shape index (κ1) is 22.7. The molecule has 0 radical (unpaired) electrons. The number of aliphatic hydroxyl groups excluding tert-OH is 2. The monoisotopic (exact) mass is 430 g/mol. The first-order valence-electron chi connectivity index (χ1n) is 11.7. The molecular weight excluding hydrogens is 392 g/mol. The number of hydrogen-bond acceptors (Lipinski definition) is 6. The SMILES string of the molecule is CN(C)[C@]1(c2ccccc2)CC[C@]2(CC1)CN(CC(=O)NCCO)C(O)N2CC1CC1. The Labute approximate surface area is 186 Å². The number of benzene rings is 1. The predicted octanol–water partition coefficient (Wildman–Crippen LogP) is 1.17. The van der Waals surface area contributed by atoms with E-state index in [0.717, 1.165) is 32.2 Å². The van der Waals surface area contributed by atoms with Gasteiger partial charge in [-0.05, 0) is 64.1 Å². The zero-order valence-corrected chi connectivity index (χ0v) is 19.0. The van der Waals surface area contributed by atoms with E-state index in [0.29, 0.717) is 12.5 Å². The first-order valence-corrected chi connectivity index (χ1v) is 11.7. The molecule has 2 saturated carbocycles. The molecule has 1 unspecified atom stereocenters. The van der Waals surface area contributed by atoms with Gasteiger partial charge in [-0.25, -0.2) is 0 Å². The maximum atomic E-state index is 12.3. The van der Waals surface area contributed by atoms with Crippen LogP contribution in [0.1, 0.15) is 44.1 Å². The van der Waals surface area contributed by atoms with Crippen LogP contribution in [0.25, 0.3) is 0 Å². The molecular formula is C24H38N4O3. The number of amides is 1. The molecule has 1 amide bonds. The average Bonchev–Trinajstić information content (AvgIpc) is 3.56. The second kappa shape index (κ2) is 9.16. The fraction of sp³-hybridized carbons (Fsp3) is 0.708. The van der Waals surface area contributed by atoms with Crippen molar-refractivity contribution in [2.45, 2.75) is 56.0 Å². The molecule has 0 bridgehead atoms. The molecule has 1 aliphatic heterocycles. The summed E-state index contributed by atoms with van der Waals surface area (Å²) in [6, 6.07) is 10.8. The Morgan fingerprint density at radius 3 is 2.42 bits per heavy atom. The summed E-state index contributed by atoms with van der Waals surface area (Å²) in [4.78, 5) is 18.9. The quantitative estimate of drug-likeness (QED) is 0.575. The van der Waals surface area contributed by atoms with Crippen molar-refractivity contribution in [2.24, 2.45) is 5.92 Å². The summed E-state index contributed by atoms with van der Waals surface area (Å²) in [5.41, 5.74) is 1.28. The van der Waals surface area contributed by atoms with Crippen LogP contribution in [0.4, 0.5) is 0 Å². The summed E-state index contributed by atoms with van der Waals surface area (Å²) in [6.45, 7) is 1.98. The third-order valence-corrected chi connectivity index (χ3v) is 7.82. The lowest BCUT2D eigenvalue weighted by Crippen LogP contribution is -2.56. The molecule has 7 nitrogen and oxygen atoms in total. The molecule has 2 aliphatic carbocycles. The van der Waals surface area contributed by atoms with Crippen LogP contribution in [0, 0.1) is 5.92 Å². The smallest absolute Gasteiger partial charge is 0.234 e. The van der Waals surface area contributed by atoms with E-state index in [1.807, 2.05) is 4.90 Å². The van der Waals surface area contributed by atoms with Crippen LogP contribution in [-0.4, -0.2) is 89.6 Å². The van der Waals surface area contributed by atoms with Crippen molar-refractivity contribution in [1.82, 2.24) is 20.0 Å². The van der Waals surface area contributed by atoms with Crippen molar-refractivity contribution in [1.29, 1.82) is 0 Å². The van der Waals surface area contributed by atoms with Gasteiger partial charge < -0.3 is 15.5 Å². The molecule has 3 fully saturated rings. The Morgan fingerprint density at radius 1 is 1.16 bits per heavy atom. The summed E-state index contributed by atoms with van der Waals surface area (Å²) in [5.74, 6) is 0.531. The van der Waals surface area contributed by atoms with E-state index < -0.39 is 6.35 Å². The van der Waals surface area contributed by atoms with Crippen LogP contribution in [0.5, 0.6) is 0 Å². The van der Waals surface area contributed by atoms with Crippen molar-refractivity contribution in [3.05, 3.63) is 35.9 Å². The van der Waals surface area contributed by atoms with Gasteiger partial charge in [0.25, 0.3) is 0 Å². The Kier molecular flexibility index (Phi) is 6.70. The highest BCUT2D eigenvalue weighted by atomic mass is 16.3. The number of hydrogen-bond donors (Lipinski definition) is 3. The van der Waals surface area contributed by atoms with Gasteiger partial charge in [0, 0.05) is 30.7 Å². The highest BCUT2D eigenvalue weighted by Gasteiger charge is 2.55. The van der Waals surface area contributed by atoms with Gasteiger partial charge in [-0.3, -0.25) is 19.5 Å². The lowest BCUT2D eigenvalue weighted by atomic mass is 9.68. The zero-order chi connectivity index (χ0) is 22.1. The van der Waals surface area contributed by atoms with Crippen LogP contribution in [0.2, 0.25) is 0 Å². The lowest BCUT2D eigenvalue weighted by molar-refractivity contribution is -0.129. The van der Waals surface area contributed by atoms with Crippen LogP contribution in [0.3, 0.4) is 0 Å². The summed E-state index contributed by atoms with van der Waals surface area (Å²) in [7, 11) is 4.35. The number of aliphatic hydroxyl groups is 2. The number of nitrogens with one attached hydrogen (secondary N) is 1. The molecule has 7 heteroatoms. The standard InChI is InChI=1S/C24H38N4O3/c1-26(2)24(20-6-4-3-5-7-20)12-10-23(11-13-24)18-27(17-21(30)25-14-15-29)22(31)28(23)16-19-8-9-19/h3-7,19,22,29,31H,8-18H2,1-2H3,(H,25,30)/t22?,23-,24+. The van der Waals surface area contributed by atoms with Crippen molar-refractivity contribution in [3.63, 3.8) is 0 Å². The molecule has 1 spiro atoms. The Hall–Kier alpha value is -1.51. The van der Waals surface area contributed by atoms with Gasteiger partial charge in [0.05, 0.1) is 13.2 Å². The van der Waals surface area contributed by atoms with E-state index in [-0.39, 0.29) is 36.7 Å². The number of carbonyl (C=O) groups is 1. The minimum Gasteiger partial charge on any atom is -0.395 e. The van der Waals surface area contributed by atoms with Crippen molar-refractivity contribution in [2.75, 3.05) is 46.9 Å². The highest BCUT2D eigenvalue weighted by Crippen LogP contribution is 2.50. The third-order valence-electron chi connectivity index (χ3n) is 7.82. The normalized spacial score (nSPS) is 32.1. The largest absolute Gasteiger partial charge is 0.395 e. The lowest BCUT2D eigenvalue weighted by Gasteiger charge is -2.51. The molecule has 1 heterocycles. The van der Waals surface area contributed by atoms with Crippen LogP contribution in [0.15, 0.2) is 30.3 Å². The topological polar surface area (TPSA) is 79.3 Å². The fourth-order valence-corrected chi connectivity index (χ4v) is 5.75. The Bertz CT molecular complexity index is 744. The van der Waals surface area contributed by atoms with Gasteiger partial charge in [-0.1, -0.05) is 30.3 Å². The molecule has 1 aromatic carbocycles. The number of carbonyl (C=O) groups excluding carboxylic acids is 1. The van der Waals surface area contributed by atoms with Gasteiger partial charge in [0.2, 0.25) is 5.91 Å². The van der Waals surface area contributed by atoms with E-state index >= 15 is 0 Å². The fourth-order valence-electron chi connectivity index (χ4n) is 5.75. The molecule has 3 aliphatic rings. The zero-order valence-electron chi connectivity index (χ0n) is 19.0. The van der Waals surface area contributed by atoms with Crippen LogP contribution < -0.4 is 5.32 Å². The maximum absolute atomic E-state index is 12.3. The maximum Gasteiger partial charge on any atom is 0.234 e. The van der Waals surface area contributed by atoms with E-state index in [1.165, 1.54) is 18.4 Å². The molecule has 4 rings (SSSR count). The second-order valence-electron chi connectivity index (χ2n) is 9.94. The molecule has 1 atom stereocenters. The number of nitrogens with zero attached hydrogens (tertiary/aromatic N) is 3. The van der Waals surface area contributed by atoms with Gasteiger partial charge in [-0.2, -0.15) is 0 Å². The first-order chi connectivity index (χ1) is 14.9. The average molecular weight is 431 g/mol. The molecule has 172 valence electrons. The van der Waals surface area contributed by atoms with E-state index in [1.54, 1.807) is 0 Å². The van der Waals surface area contributed by atoms with Gasteiger partial charge in [-0.15, -0.1) is 0 Å². The summed E-state index contributed by atoms with van der Waals surface area (Å²) in [5, 5.41) is 22.9. The Balaban J connectivity index is 1.52. The van der Waals surface area contributed by atoms with Gasteiger partial charge >= 0.3 is 0 Å². The molecule has 0 aromatic heterocycles. The van der Waals surface area contributed by atoms with E-state index in [9.17, 15) is 9.90 Å². The van der Waals surface area contributed by atoms with Crippen molar-refractivity contribution < 1.29 is 15.0 Å². The summed E-state index contributed by atoms with van der Waals surface area (Å²) >= 11 is 0. The predicted molar refractivity (Wildman–Crippen MR) is 120 cm³/mol.